The Morgan fingerprint density at radius 1 is 1.12 bits per heavy atom. The summed E-state index contributed by atoms with van der Waals surface area (Å²) in [7, 11) is 3.34. The van der Waals surface area contributed by atoms with Crippen LogP contribution in [0.1, 0.15) is 5.56 Å². The molecule has 8 heteroatoms. The third-order valence-electron chi connectivity index (χ3n) is 3.26. The minimum atomic E-state index is -4.49. The van der Waals surface area contributed by atoms with Gasteiger partial charge in [0.25, 0.3) is 0 Å². The summed E-state index contributed by atoms with van der Waals surface area (Å²) in [5, 5.41) is 2.51. The summed E-state index contributed by atoms with van der Waals surface area (Å²) in [6, 6.07) is 8.81. The van der Waals surface area contributed by atoms with Gasteiger partial charge in [-0.3, -0.25) is 4.79 Å². The van der Waals surface area contributed by atoms with Crippen LogP contribution in [0.15, 0.2) is 47.4 Å². The second-order valence-electron chi connectivity index (χ2n) is 5.41. The summed E-state index contributed by atoms with van der Waals surface area (Å²) in [5.41, 5.74) is -0.280. The van der Waals surface area contributed by atoms with Crippen molar-refractivity contribution in [3.63, 3.8) is 0 Å². The average Bonchev–Trinajstić information content (AvgIpc) is 2.53. The van der Waals surface area contributed by atoms with E-state index < -0.39 is 17.6 Å². The van der Waals surface area contributed by atoms with Crippen LogP contribution in [0, 0.1) is 5.82 Å². The van der Waals surface area contributed by atoms with Crippen LogP contribution in [-0.4, -0.2) is 25.8 Å². The molecule has 0 radical (unpaired) electrons. The van der Waals surface area contributed by atoms with E-state index in [1.54, 1.807) is 19.0 Å². The van der Waals surface area contributed by atoms with Crippen molar-refractivity contribution in [2.45, 2.75) is 11.1 Å². The first-order valence-electron chi connectivity index (χ1n) is 7.23. The van der Waals surface area contributed by atoms with Crippen molar-refractivity contribution in [2.75, 3.05) is 30.1 Å². The van der Waals surface area contributed by atoms with Crippen LogP contribution >= 0.6 is 11.8 Å². The Morgan fingerprint density at radius 3 is 2.32 bits per heavy atom. The summed E-state index contributed by atoms with van der Waals surface area (Å²) < 4.78 is 51.5. The first-order chi connectivity index (χ1) is 11.7. The van der Waals surface area contributed by atoms with Gasteiger partial charge in [0, 0.05) is 19.0 Å². The molecule has 0 fully saturated rings. The van der Waals surface area contributed by atoms with Gasteiger partial charge in [0.15, 0.2) is 0 Å². The van der Waals surface area contributed by atoms with E-state index >= 15 is 0 Å². The van der Waals surface area contributed by atoms with Crippen LogP contribution in [0.25, 0.3) is 0 Å². The van der Waals surface area contributed by atoms with E-state index in [1.807, 2.05) is 0 Å². The highest BCUT2D eigenvalue weighted by Crippen LogP contribution is 2.35. The van der Waals surface area contributed by atoms with Crippen molar-refractivity contribution in [3.05, 3.63) is 53.8 Å². The molecular formula is C17H16F4N2OS. The van der Waals surface area contributed by atoms with Crippen LogP contribution in [0.2, 0.25) is 0 Å². The van der Waals surface area contributed by atoms with E-state index in [9.17, 15) is 22.4 Å². The van der Waals surface area contributed by atoms with Crippen LogP contribution in [0.3, 0.4) is 0 Å². The van der Waals surface area contributed by atoms with Crippen molar-refractivity contribution in [2.24, 2.45) is 0 Å². The Bertz CT molecular complexity index is 745. The molecule has 0 atom stereocenters. The quantitative estimate of drug-likeness (QED) is 0.613. The Labute approximate surface area is 147 Å². The molecule has 25 heavy (non-hydrogen) atoms. The van der Waals surface area contributed by atoms with E-state index in [0.717, 1.165) is 12.1 Å². The number of hydrogen-bond acceptors (Lipinski definition) is 3. The second-order valence-corrected chi connectivity index (χ2v) is 6.46. The zero-order chi connectivity index (χ0) is 18.6. The number of thioether (sulfide) groups is 1. The standard InChI is InChI=1S/C17H16F4N2OS/c1-23(2)15-8-3-11(17(19,20)21)9-14(15)22-16(24)10-25-13-6-4-12(18)5-7-13/h3-9H,10H2,1-2H3,(H,22,24). The van der Waals surface area contributed by atoms with Gasteiger partial charge in [-0.2, -0.15) is 13.2 Å². The average molecular weight is 372 g/mol. The van der Waals surface area contributed by atoms with E-state index in [-0.39, 0.29) is 17.3 Å². The van der Waals surface area contributed by atoms with Gasteiger partial charge in [-0.05, 0) is 42.5 Å². The smallest absolute Gasteiger partial charge is 0.376 e. The maximum absolute atomic E-state index is 12.9. The van der Waals surface area contributed by atoms with E-state index in [1.165, 1.54) is 42.1 Å². The van der Waals surface area contributed by atoms with E-state index in [2.05, 4.69) is 5.32 Å². The van der Waals surface area contributed by atoms with Gasteiger partial charge in [0.2, 0.25) is 5.91 Å². The molecule has 3 nitrogen and oxygen atoms in total. The maximum Gasteiger partial charge on any atom is 0.416 e. The highest BCUT2D eigenvalue weighted by atomic mass is 32.2. The molecule has 1 amide bonds. The number of benzene rings is 2. The summed E-state index contributed by atoms with van der Waals surface area (Å²) in [4.78, 5) is 14.4. The summed E-state index contributed by atoms with van der Waals surface area (Å²) >= 11 is 1.17. The molecule has 0 heterocycles. The molecule has 134 valence electrons. The molecule has 0 aliphatic heterocycles. The Morgan fingerprint density at radius 2 is 1.76 bits per heavy atom. The minimum Gasteiger partial charge on any atom is -0.376 e. The molecule has 0 bridgehead atoms. The summed E-state index contributed by atoms with van der Waals surface area (Å²) in [6.45, 7) is 0. The summed E-state index contributed by atoms with van der Waals surface area (Å²) in [5.74, 6) is -0.834. The number of nitrogens with zero attached hydrogens (tertiary/aromatic N) is 1. The van der Waals surface area contributed by atoms with Crippen molar-refractivity contribution in [3.8, 4) is 0 Å². The zero-order valence-electron chi connectivity index (χ0n) is 13.5. The lowest BCUT2D eigenvalue weighted by molar-refractivity contribution is -0.137. The lowest BCUT2D eigenvalue weighted by atomic mass is 10.1. The molecule has 0 unspecified atom stereocenters. The second kappa shape index (κ2) is 7.77. The Kier molecular flexibility index (Phi) is 5.94. The fourth-order valence-electron chi connectivity index (χ4n) is 2.07. The number of hydrogen-bond donors (Lipinski definition) is 1. The molecule has 0 saturated carbocycles. The van der Waals surface area contributed by atoms with Crippen LogP contribution in [-0.2, 0) is 11.0 Å². The number of carbonyl (C=O) groups excluding carboxylic acids is 1. The van der Waals surface area contributed by atoms with Gasteiger partial charge in [-0.1, -0.05) is 0 Å². The molecule has 0 spiro atoms. The van der Waals surface area contributed by atoms with Crippen LogP contribution < -0.4 is 10.2 Å². The maximum atomic E-state index is 12.9. The SMILES string of the molecule is CN(C)c1ccc(C(F)(F)F)cc1NC(=O)CSc1ccc(F)cc1. The number of rotatable bonds is 5. The van der Waals surface area contributed by atoms with E-state index in [0.29, 0.717) is 10.6 Å². The van der Waals surface area contributed by atoms with Gasteiger partial charge in [0.05, 0.1) is 22.7 Å². The molecular weight excluding hydrogens is 356 g/mol. The van der Waals surface area contributed by atoms with E-state index in [4.69, 9.17) is 0 Å². The highest BCUT2D eigenvalue weighted by Gasteiger charge is 2.31. The number of amides is 1. The fraction of sp³-hybridized carbons (Fsp3) is 0.235. The monoisotopic (exact) mass is 372 g/mol. The molecule has 0 aromatic heterocycles. The van der Waals surface area contributed by atoms with Gasteiger partial charge in [0.1, 0.15) is 5.82 Å². The number of carbonyl (C=O) groups is 1. The Hall–Kier alpha value is -2.22. The molecule has 1 N–H and O–H groups in total. The Balaban J connectivity index is 2.11. The summed E-state index contributed by atoms with van der Waals surface area (Å²) in [6.07, 6.45) is -4.49. The van der Waals surface area contributed by atoms with Crippen molar-refractivity contribution < 1.29 is 22.4 Å². The molecule has 2 rings (SSSR count). The number of halogens is 4. The molecule has 0 saturated heterocycles. The first-order valence-corrected chi connectivity index (χ1v) is 8.22. The third-order valence-corrected chi connectivity index (χ3v) is 4.28. The molecule has 0 aliphatic rings. The van der Waals surface area contributed by atoms with Crippen molar-refractivity contribution in [1.82, 2.24) is 0 Å². The molecule has 0 aliphatic carbocycles. The molecule has 2 aromatic rings. The number of anilines is 2. The first kappa shape index (κ1) is 19.1. The predicted molar refractivity (Wildman–Crippen MR) is 91.5 cm³/mol. The fourth-order valence-corrected chi connectivity index (χ4v) is 2.77. The third kappa shape index (κ3) is 5.38. The van der Waals surface area contributed by atoms with Gasteiger partial charge in [-0.25, -0.2) is 4.39 Å². The molecule has 2 aromatic carbocycles. The number of alkyl halides is 3. The highest BCUT2D eigenvalue weighted by molar-refractivity contribution is 8.00. The topological polar surface area (TPSA) is 32.3 Å². The number of nitrogens with one attached hydrogen (secondary N) is 1. The zero-order valence-corrected chi connectivity index (χ0v) is 14.3. The predicted octanol–water partition coefficient (Wildman–Crippen LogP) is 4.64. The lowest BCUT2D eigenvalue weighted by Crippen LogP contribution is -2.19. The van der Waals surface area contributed by atoms with Crippen LogP contribution in [0.5, 0.6) is 0 Å². The van der Waals surface area contributed by atoms with Crippen molar-refractivity contribution >= 4 is 29.0 Å². The van der Waals surface area contributed by atoms with Gasteiger partial charge >= 0.3 is 6.18 Å². The largest absolute Gasteiger partial charge is 0.416 e. The normalized spacial score (nSPS) is 11.3. The van der Waals surface area contributed by atoms with Crippen LogP contribution in [0.4, 0.5) is 28.9 Å². The van der Waals surface area contributed by atoms with Gasteiger partial charge < -0.3 is 10.2 Å². The minimum absolute atomic E-state index is 0.00521. The lowest BCUT2D eigenvalue weighted by Gasteiger charge is -2.19. The van der Waals surface area contributed by atoms with Crippen molar-refractivity contribution in [1.29, 1.82) is 0 Å². The van der Waals surface area contributed by atoms with Gasteiger partial charge in [-0.15, -0.1) is 11.8 Å².